The molecule has 2 N–H and O–H groups in total. The van der Waals surface area contributed by atoms with Gasteiger partial charge in [-0.3, -0.25) is 0 Å². The van der Waals surface area contributed by atoms with Gasteiger partial charge in [0.2, 0.25) is 0 Å². The van der Waals surface area contributed by atoms with Crippen molar-refractivity contribution in [3.05, 3.63) is 29.8 Å². The summed E-state index contributed by atoms with van der Waals surface area (Å²) < 4.78 is 5.92. The molecule has 2 fully saturated rings. The SMILES string of the molecule is NCc1cccc(N2CCOC3CCCCC32)c1. The minimum atomic E-state index is 0.439. The Morgan fingerprint density at radius 1 is 1.28 bits per heavy atom. The predicted octanol–water partition coefficient (Wildman–Crippen LogP) is 2.29. The zero-order valence-corrected chi connectivity index (χ0v) is 10.8. The zero-order chi connectivity index (χ0) is 12.4. The molecule has 2 aliphatic rings. The van der Waals surface area contributed by atoms with Crippen LogP contribution in [-0.2, 0) is 11.3 Å². The minimum Gasteiger partial charge on any atom is -0.374 e. The molecule has 1 saturated carbocycles. The summed E-state index contributed by atoms with van der Waals surface area (Å²) in [5.41, 5.74) is 8.27. The van der Waals surface area contributed by atoms with Crippen molar-refractivity contribution in [3.63, 3.8) is 0 Å². The maximum atomic E-state index is 5.92. The van der Waals surface area contributed by atoms with E-state index in [2.05, 4.69) is 29.2 Å². The van der Waals surface area contributed by atoms with Crippen LogP contribution in [0.2, 0.25) is 0 Å². The maximum Gasteiger partial charge on any atom is 0.0779 e. The second kappa shape index (κ2) is 5.29. The lowest BCUT2D eigenvalue weighted by Gasteiger charge is -2.45. The van der Waals surface area contributed by atoms with E-state index in [0.29, 0.717) is 18.7 Å². The summed E-state index contributed by atoms with van der Waals surface area (Å²) in [4.78, 5) is 2.53. The third-order valence-corrected chi connectivity index (χ3v) is 4.21. The third-order valence-electron chi connectivity index (χ3n) is 4.21. The summed E-state index contributed by atoms with van der Waals surface area (Å²) in [5.74, 6) is 0. The van der Waals surface area contributed by atoms with E-state index in [-0.39, 0.29) is 0 Å². The van der Waals surface area contributed by atoms with Crippen LogP contribution in [0.5, 0.6) is 0 Å². The first-order valence-electron chi connectivity index (χ1n) is 7.06. The Morgan fingerprint density at radius 3 is 3.06 bits per heavy atom. The topological polar surface area (TPSA) is 38.5 Å². The highest BCUT2D eigenvalue weighted by Crippen LogP contribution is 2.32. The van der Waals surface area contributed by atoms with E-state index in [1.807, 2.05) is 0 Å². The van der Waals surface area contributed by atoms with Gasteiger partial charge in [0.25, 0.3) is 0 Å². The van der Waals surface area contributed by atoms with Crippen molar-refractivity contribution in [3.8, 4) is 0 Å². The molecule has 3 heteroatoms. The lowest BCUT2D eigenvalue weighted by molar-refractivity contribution is -0.00868. The van der Waals surface area contributed by atoms with Crippen LogP contribution in [0.4, 0.5) is 5.69 Å². The summed E-state index contributed by atoms with van der Waals surface area (Å²) >= 11 is 0. The lowest BCUT2D eigenvalue weighted by Crippen LogP contribution is -2.52. The van der Waals surface area contributed by atoms with E-state index < -0.39 is 0 Å². The molecule has 3 nitrogen and oxygen atoms in total. The number of benzene rings is 1. The first-order valence-corrected chi connectivity index (χ1v) is 7.06. The molecule has 0 radical (unpaired) electrons. The highest BCUT2D eigenvalue weighted by Gasteiger charge is 2.34. The second-order valence-electron chi connectivity index (χ2n) is 5.33. The fourth-order valence-corrected chi connectivity index (χ4v) is 3.28. The van der Waals surface area contributed by atoms with Gasteiger partial charge in [-0.05, 0) is 30.5 Å². The number of hydrogen-bond donors (Lipinski definition) is 1. The Kier molecular flexibility index (Phi) is 3.52. The van der Waals surface area contributed by atoms with E-state index in [4.69, 9.17) is 10.5 Å². The highest BCUT2D eigenvalue weighted by molar-refractivity contribution is 5.50. The number of rotatable bonds is 2. The molecule has 3 rings (SSSR count). The monoisotopic (exact) mass is 246 g/mol. The Labute approximate surface area is 109 Å². The van der Waals surface area contributed by atoms with Crippen molar-refractivity contribution in [1.82, 2.24) is 0 Å². The molecule has 1 aromatic carbocycles. The van der Waals surface area contributed by atoms with Gasteiger partial charge in [-0.15, -0.1) is 0 Å². The molecule has 1 aliphatic heterocycles. The van der Waals surface area contributed by atoms with Gasteiger partial charge in [-0.2, -0.15) is 0 Å². The van der Waals surface area contributed by atoms with Crippen LogP contribution >= 0.6 is 0 Å². The van der Waals surface area contributed by atoms with E-state index in [9.17, 15) is 0 Å². The molecule has 0 amide bonds. The van der Waals surface area contributed by atoms with Gasteiger partial charge < -0.3 is 15.4 Å². The van der Waals surface area contributed by atoms with E-state index in [1.54, 1.807) is 0 Å². The van der Waals surface area contributed by atoms with Crippen molar-refractivity contribution in [1.29, 1.82) is 0 Å². The first kappa shape index (κ1) is 12.0. The van der Waals surface area contributed by atoms with Crippen LogP contribution < -0.4 is 10.6 Å². The fraction of sp³-hybridized carbons (Fsp3) is 0.600. The fourth-order valence-electron chi connectivity index (χ4n) is 3.28. The molecule has 2 atom stereocenters. The Morgan fingerprint density at radius 2 is 2.17 bits per heavy atom. The molecular weight excluding hydrogens is 224 g/mol. The van der Waals surface area contributed by atoms with Gasteiger partial charge >= 0.3 is 0 Å². The van der Waals surface area contributed by atoms with Crippen molar-refractivity contribution in [2.24, 2.45) is 5.73 Å². The quantitative estimate of drug-likeness (QED) is 0.870. The number of morpholine rings is 1. The highest BCUT2D eigenvalue weighted by atomic mass is 16.5. The van der Waals surface area contributed by atoms with Crippen LogP contribution in [-0.4, -0.2) is 25.3 Å². The standard InChI is InChI=1S/C15H22N2O/c16-11-12-4-3-5-13(10-12)17-8-9-18-15-7-2-1-6-14(15)17/h3-5,10,14-15H,1-2,6-9,11,16H2. The molecule has 98 valence electrons. The smallest absolute Gasteiger partial charge is 0.0779 e. The maximum absolute atomic E-state index is 5.92. The van der Waals surface area contributed by atoms with E-state index in [1.165, 1.54) is 36.9 Å². The molecular formula is C15H22N2O. The van der Waals surface area contributed by atoms with Gasteiger partial charge in [0.05, 0.1) is 18.8 Å². The van der Waals surface area contributed by atoms with Crippen molar-refractivity contribution in [2.75, 3.05) is 18.1 Å². The predicted molar refractivity (Wildman–Crippen MR) is 73.7 cm³/mol. The number of fused-ring (bicyclic) bond motifs is 1. The van der Waals surface area contributed by atoms with Crippen molar-refractivity contribution in [2.45, 2.75) is 44.4 Å². The number of anilines is 1. The van der Waals surface area contributed by atoms with E-state index >= 15 is 0 Å². The van der Waals surface area contributed by atoms with Gasteiger partial charge in [0, 0.05) is 18.8 Å². The van der Waals surface area contributed by atoms with E-state index in [0.717, 1.165) is 13.2 Å². The summed E-state index contributed by atoms with van der Waals surface area (Å²) in [6, 6.07) is 9.22. The molecule has 1 heterocycles. The average Bonchev–Trinajstić information content (AvgIpc) is 2.47. The van der Waals surface area contributed by atoms with Crippen LogP contribution in [0.3, 0.4) is 0 Å². The normalized spacial score (nSPS) is 27.9. The largest absolute Gasteiger partial charge is 0.374 e. The summed E-state index contributed by atoms with van der Waals surface area (Å²) in [7, 11) is 0. The van der Waals surface area contributed by atoms with Gasteiger partial charge in [0.1, 0.15) is 0 Å². The first-order chi connectivity index (χ1) is 8.88. The Balaban J connectivity index is 1.84. The molecule has 2 unspecified atom stereocenters. The number of ether oxygens (including phenoxy) is 1. The molecule has 1 saturated heterocycles. The van der Waals surface area contributed by atoms with Gasteiger partial charge in [-0.1, -0.05) is 25.0 Å². The van der Waals surface area contributed by atoms with Crippen LogP contribution in [0.1, 0.15) is 31.2 Å². The summed E-state index contributed by atoms with van der Waals surface area (Å²) in [5, 5.41) is 0. The van der Waals surface area contributed by atoms with Crippen LogP contribution in [0, 0.1) is 0 Å². The van der Waals surface area contributed by atoms with Crippen LogP contribution in [0.25, 0.3) is 0 Å². The van der Waals surface area contributed by atoms with Gasteiger partial charge in [-0.25, -0.2) is 0 Å². The average molecular weight is 246 g/mol. The Hall–Kier alpha value is -1.06. The molecule has 0 bridgehead atoms. The minimum absolute atomic E-state index is 0.439. The molecule has 0 aromatic heterocycles. The number of nitrogens with two attached hydrogens (primary N) is 1. The molecule has 1 aliphatic carbocycles. The van der Waals surface area contributed by atoms with Gasteiger partial charge in [0.15, 0.2) is 0 Å². The molecule has 1 aromatic rings. The summed E-state index contributed by atoms with van der Waals surface area (Å²) in [6.45, 7) is 2.48. The number of nitrogens with zero attached hydrogens (tertiary/aromatic N) is 1. The Bertz CT molecular complexity index is 405. The molecule has 0 spiro atoms. The van der Waals surface area contributed by atoms with Crippen molar-refractivity contribution >= 4 is 5.69 Å². The number of hydrogen-bond acceptors (Lipinski definition) is 3. The third kappa shape index (κ3) is 2.25. The summed E-state index contributed by atoms with van der Waals surface area (Å²) in [6.07, 6.45) is 5.57. The second-order valence-corrected chi connectivity index (χ2v) is 5.33. The van der Waals surface area contributed by atoms with Crippen LogP contribution in [0.15, 0.2) is 24.3 Å². The lowest BCUT2D eigenvalue weighted by atomic mass is 9.89. The molecule has 18 heavy (non-hydrogen) atoms. The zero-order valence-electron chi connectivity index (χ0n) is 10.8. The van der Waals surface area contributed by atoms with Crippen molar-refractivity contribution < 1.29 is 4.74 Å².